The maximum absolute atomic E-state index is 5.56. The molecule has 0 saturated heterocycles. The highest BCUT2D eigenvalue weighted by molar-refractivity contribution is 4.60. The third kappa shape index (κ3) is 23.8. The number of rotatable bonds is 17. The lowest BCUT2D eigenvalue weighted by molar-refractivity contribution is -0.00220. The van der Waals surface area contributed by atoms with Crippen molar-refractivity contribution < 1.29 is 23.7 Å². The van der Waals surface area contributed by atoms with Crippen LogP contribution in [0.4, 0.5) is 0 Å². The summed E-state index contributed by atoms with van der Waals surface area (Å²) in [7, 11) is 0. The minimum Gasteiger partial charge on any atom is -0.379 e. The lowest BCUT2D eigenvalue weighted by atomic mass is 9.93. The quantitative estimate of drug-likeness (QED) is 0.354. The largest absolute Gasteiger partial charge is 0.379 e. The minimum absolute atomic E-state index is 0.214. The fourth-order valence-corrected chi connectivity index (χ4v) is 1.93. The van der Waals surface area contributed by atoms with E-state index in [4.69, 9.17) is 23.7 Å². The van der Waals surface area contributed by atoms with Gasteiger partial charge in [-0.25, -0.2) is 0 Å². The van der Waals surface area contributed by atoms with E-state index in [1.54, 1.807) is 0 Å². The zero-order chi connectivity index (χ0) is 19.7. The first-order valence-electron chi connectivity index (χ1n) is 10.1. The summed E-state index contributed by atoms with van der Waals surface area (Å²) in [6.45, 7) is 20.2. The van der Waals surface area contributed by atoms with Gasteiger partial charge in [-0.1, -0.05) is 41.5 Å². The average Bonchev–Trinajstić information content (AvgIpc) is 2.51. The molecule has 0 spiro atoms. The summed E-state index contributed by atoms with van der Waals surface area (Å²) >= 11 is 0. The van der Waals surface area contributed by atoms with Crippen molar-refractivity contribution in [3.05, 3.63) is 0 Å². The van der Waals surface area contributed by atoms with Crippen LogP contribution in [0, 0.1) is 10.8 Å². The van der Waals surface area contributed by atoms with Gasteiger partial charge in [0.1, 0.15) is 0 Å². The Morgan fingerprint density at radius 3 is 1.23 bits per heavy atom. The molecule has 5 heteroatoms. The van der Waals surface area contributed by atoms with Crippen molar-refractivity contribution in [3.8, 4) is 0 Å². The van der Waals surface area contributed by atoms with Crippen LogP contribution in [0.3, 0.4) is 0 Å². The SMILES string of the molecule is CC(C)(C)CCOCCOCCCCOCCOCCOCC(C)(C)C. The van der Waals surface area contributed by atoms with Gasteiger partial charge in [-0.2, -0.15) is 0 Å². The first kappa shape index (κ1) is 25.8. The van der Waals surface area contributed by atoms with Gasteiger partial charge in [0.2, 0.25) is 0 Å². The molecule has 158 valence electrons. The molecule has 0 rings (SSSR count). The van der Waals surface area contributed by atoms with Gasteiger partial charge < -0.3 is 23.7 Å². The molecule has 0 aliphatic rings. The molecule has 0 heterocycles. The fourth-order valence-electron chi connectivity index (χ4n) is 1.93. The molecule has 0 fully saturated rings. The Bertz CT molecular complexity index is 264. The van der Waals surface area contributed by atoms with E-state index in [0.29, 0.717) is 45.1 Å². The Hall–Kier alpha value is -0.200. The third-order valence-corrected chi connectivity index (χ3v) is 3.47. The molecule has 0 aliphatic heterocycles. The molecule has 0 saturated carbocycles. The van der Waals surface area contributed by atoms with Crippen LogP contribution in [0.25, 0.3) is 0 Å². The van der Waals surface area contributed by atoms with Crippen molar-refractivity contribution >= 4 is 0 Å². The predicted octanol–water partition coefficient (Wildman–Crippen LogP) is 4.33. The van der Waals surface area contributed by atoms with Crippen LogP contribution in [0.2, 0.25) is 0 Å². The third-order valence-electron chi connectivity index (χ3n) is 3.47. The van der Waals surface area contributed by atoms with Crippen molar-refractivity contribution in [1.29, 1.82) is 0 Å². The Kier molecular flexibility index (Phi) is 15.7. The van der Waals surface area contributed by atoms with Crippen molar-refractivity contribution in [2.24, 2.45) is 10.8 Å². The minimum atomic E-state index is 0.214. The van der Waals surface area contributed by atoms with Crippen molar-refractivity contribution in [3.63, 3.8) is 0 Å². The van der Waals surface area contributed by atoms with E-state index >= 15 is 0 Å². The van der Waals surface area contributed by atoms with Crippen molar-refractivity contribution in [2.45, 2.75) is 60.8 Å². The molecule has 5 nitrogen and oxygen atoms in total. The first-order valence-corrected chi connectivity index (χ1v) is 10.1. The molecule has 0 amide bonds. The number of hydrogen-bond donors (Lipinski definition) is 0. The normalized spacial score (nSPS) is 12.7. The van der Waals surface area contributed by atoms with Gasteiger partial charge in [0, 0.05) is 19.8 Å². The van der Waals surface area contributed by atoms with Crippen molar-refractivity contribution in [1.82, 2.24) is 0 Å². The maximum Gasteiger partial charge on any atom is 0.0701 e. The molecule has 0 aliphatic carbocycles. The summed E-state index contributed by atoms with van der Waals surface area (Å²) in [6, 6.07) is 0. The monoisotopic (exact) mass is 376 g/mol. The summed E-state index contributed by atoms with van der Waals surface area (Å²) in [6.07, 6.45) is 3.11. The van der Waals surface area contributed by atoms with Gasteiger partial charge in [0.25, 0.3) is 0 Å². The van der Waals surface area contributed by atoms with E-state index in [-0.39, 0.29) is 5.41 Å². The van der Waals surface area contributed by atoms with E-state index in [0.717, 1.165) is 45.7 Å². The second-order valence-electron chi connectivity index (χ2n) is 9.08. The topological polar surface area (TPSA) is 46.2 Å². The Morgan fingerprint density at radius 2 is 0.808 bits per heavy atom. The fraction of sp³-hybridized carbons (Fsp3) is 1.00. The lowest BCUT2D eigenvalue weighted by Gasteiger charge is -2.17. The van der Waals surface area contributed by atoms with E-state index in [9.17, 15) is 0 Å². The van der Waals surface area contributed by atoms with Crippen LogP contribution in [-0.2, 0) is 23.7 Å². The Balaban J connectivity index is 3.07. The zero-order valence-corrected chi connectivity index (χ0v) is 18.2. The standard InChI is InChI=1S/C21H44O5/c1-20(2,3)9-12-24-15-13-22-10-7-8-11-23-14-16-25-17-18-26-19-21(4,5)6/h7-19H2,1-6H3. The van der Waals surface area contributed by atoms with Gasteiger partial charge in [-0.15, -0.1) is 0 Å². The highest BCUT2D eigenvalue weighted by Crippen LogP contribution is 2.17. The zero-order valence-electron chi connectivity index (χ0n) is 18.2. The second-order valence-corrected chi connectivity index (χ2v) is 9.08. The van der Waals surface area contributed by atoms with Crippen LogP contribution >= 0.6 is 0 Å². The molecule has 26 heavy (non-hydrogen) atoms. The van der Waals surface area contributed by atoms with Gasteiger partial charge in [0.15, 0.2) is 0 Å². The summed E-state index contributed by atoms with van der Waals surface area (Å²) < 4.78 is 27.7. The average molecular weight is 377 g/mol. The van der Waals surface area contributed by atoms with Gasteiger partial charge in [-0.05, 0) is 30.1 Å². The predicted molar refractivity (Wildman–Crippen MR) is 107 cm³/mol. The van der Waals surface area contributed by atoms with E-state index in [1.807, 2.05) is 0 Å². The molecule has 0 N–H and O–H groups in total. The summed E-state index contributed by atoms with van der Waals surface area (Å²) in [5, 5.41) is 0. The number of hydrogen-bond acceptors (Lipinski definition) is 5. The molecule has 0 radical (unpaired) electrons. The summed E-state index contributed by atoms with van der Waals surface area (Å²) in [5.41, 5.74) is 0.554. The first-order chi connectivity index (χ1) is 12.2. The van der Waals surface area contributed by atoms with Crippen LogP contribution in [0.5, 0.6) is 0 Å². The van der Waals surface area contributed by atoms with E-state index in [1.165, 1.54) is 0 Å². The van der Waals surface area contributed by atoms with Gasteiger partial charge in [0.05, 0.1) is 46.2 Å². The molecule has 0 aromatic heterocycles. The number of unbranched alkanes of at least 4 members (excludes halogenated alkanes) is 1. The highest BCUT2D eigenvalue weighted by Gasteiger charge is 2.09. The van der Waals surface area contributed by atoms with Crippen LogP contribution < -0.4 is 0 Å². The molecule has 0 atom stereocenters. The van der Waals surface area contributed by atoms with Crippen LogP contribution in [0.15, 0.2) is 0 Å². The van der Waals surface area contributed by atoms with E-state index in [2.05, 4.69) is 41.5 Å². The Morgan fingerprint density at radius 1 is 0.423 bits per heavy atom. The lowest BCUT2D eigenvalue weighted by Crippen LogP contribution is -2.17. The van der Waals surface area contributed by atoms with Gasteiger partial charge >= 0.3 is 0 Å². The van der Waals surface area contributed by atoms with Crippen LogP contribution in [-0.4, -0.2) is 66.1 Å². The van der Waals surface area contributed by atoms with Crippen LogP contribution in [0.1, 0.15) is 60.8 Å². The summed E-state index contributed by atoms with van der Waals surface area (Å²) in [4.78, 5) is 0. The molecule has 0 aromatic carbocycles. The molecular formula is C21H44O5. The molecule has 0 aromatic rings. The van der Waals surface area contributed by atoms with Crippen molar-refractivity contribution in [2.75, 3.05) is 66.1 Å². The van der Waals surface area contributed by atoms with E-state index < -0.39 is 0 Å². The molecular weight excluding hydrogens is 332 g/mol. The number of ether oxygens (including phenoxy) is 5. The highest BCUT2D eigenvalue weighted by atomic mass is 16.5. The van der Waals surface area contributed by atoms with Gasteiger partial charge in [-0.3, -0.25) is 0 Å². The molecule has 0 unspecified atom stereocenters. The summed E-state index contributed by atoms with van der Waals surface area (Å²) in [5.74, 6) is 0. The molecule has 0 bridgehead atoms. The smallest absolute Gasteiger partial charge is 0.0701 e. The second kappa shape index (κ2) is 15.8. The maximum atomic E-state index is 5.56. The Labute approximate surface area is 162 Å².